The number of anilines is 1. The van der Waals surface area contributed by atoms with E-state index in [1.54, 1.807) is 0 Å². The Kier molecular flexibility index (Phi) is 2.24. The van der Waals surface area contributed by atoms with Gasteiger partial charge in [-0.15, -0.1) is 0 Å². The van der Waals surface area contributed by atoms with Gasteiger partial charge in [0, 0.05) is 0 Å². The van der Waals surface area contributed by atoms with E-state index < -0.39 is 11.9 Å². The highest BCUT2D eigenvalue weighted by molar-refractivity contribution is 6.00. The smallest absolute Gasteiger partial charge is 0.275 e. The molecule has 0 spiro atoms. The molecule has 6 heteroatoms. The van der Waals surface area contributed by atoms with Crippen LogP contribution in [-0.4, -0.2) is 18.5 Å². The molecule has 0 atom stereocenters. The van der Waals surface area contributed by atoms with Gasteiger partial charge in [-0.25, -0.2) is 14.6 Å². The van der Waals surface area contributed by atoms with Crippen molar-refractivity contribution >= 4 is 17.6 Å². The van der Waals surface area contributed by atoms with Gasteiger partial charge in [0.2, 0.25) is 5.91 Å². The molecule has 1 heterocycles. The SMILES string of the molecule is O=C1CN(c2ccc(F)cc2)NC(=O)N1. The van der Waals surface area contributed by atoms with E-state index in [0.29, 0.717) is 5.69 Å². The number of benzene rings is 1. The largest absolute Gasteiger partial charge is 0.340 e. The van der Waals surface area contributed by atoms with Crippen LogP contribution < -0.4 is 15.8 Å². The quantitative estimate of drug-likeness (QED) is 0.703. The summed E-state index contributed by atoms with van der Waals surface area (Å²) in [4.78, 5) is 22.0. The van der Waals surface area contributed by atoms with Crippen LogP contribution in [0.2, 0.25) is 0 Å². The third-order valence-corrected chi connectivity index (χ3v) is 1.93. The molecule has 2 rings (SSSR count). The first-order valence-electron chi connectivity index (χ1n) is 4.29. The number of halogens is 1. The van der Waals surface area contributed by atoms with E-state index in [9.17, 15) is 14.0 Å². The predicted octanol–water partition coefficient (Wildman–Crippen LogP) is 0.386. The van der Waals surface area contributed by atoms with Crippen LogP contribution in [0.3, 0.4) is 0 Å². The van der Waals surface area contributed by atoms with Crippen LogP contribution in [0.5, 0.6) is 0 Å². The van der Waals surface area contributed by atoms with Crippen molar-refractivity contribution in [3.63, 3.8) is 0 Å². The lowest BCUT2D eigenvalue weighted by Crippen LogP contribution is -2.59. The average molecular weight is 209 g/mol. The number of hydrogen-bond acceptors (Lipinski definition) is 3. The van der Waals surface area contributed by atoms with Gasteiger partial charge in [-0.05, 0) is 24.3 Å². The number of urea groups is 1. The highest BCUT2D eigenvalue weighted by atomic mass is 19.1. The lowest BCUT2D eigenvalue weighted by atomic mass is 10.3. The number of carbonyl (C=O) groups excluding carboxylic acids is 2. The number of hydrogen-bond donors (Lipinski definition) is 2. The van der Waals surface area contributed by atoms with E-state index in [2.05, 4.69) is 10.7 Å². The predicted molar refractivity (Wildman–Crippen MR) is 50.4 cm³/mol. The van der Waals surface area contributed by atoms with Crippen molar-refractivity contribution in [2.24, 2.45) is 0 Å². The molecule has 0 unspecified atom stereocenters. The Morgan fingerprint density at radius 2 is 1.87 bits per heavy atom. The summed E-state index contributed by atoms with van der Waals surface area (Å²) in [5.74, 6) is -0.769. The topological polar surface area (TPSA) is 61.4 Å². The maximum absolute atomic E-state index is 12.6. The van der Waals surface area contributed by atoms with Crippen LogP contribution in [0.4, 0.5) is 14.9 Å². The van der Waals surface area contributed by atoms with E-state index >= 15 is 0 Å². The molecular weight excluding hydrogens is 201 g/mol. The third kappa shape index (κ3) is 2.04. The van der Waals surface area contributed by atoms with E-state index in [4.69, 9.17) is 0 Å². The molecule has 2 N–H and O–H groups in total. The summed E-state index contributed by atoms with van der Waals surface area (Å²) in [6.07, 6.45) is 0. The van der Waals surface area contributed by atoms with E-state index in [-0.39, 0.29) is 12.4 Å². The lowest BCUT2D eigenvalue weighted by molar-refractivity contribution is -0.119. The number of amides is 3. The van der Waals surface area contributed by atoms with Crippen LogP contribution in [0, 0.1) is 5.82 Å². The Hall–Kier alpha value is -2.11. The molecule has 0 saturated carbocycles. The maximum atomic E-state index is 12.6. The fourth-order valence-corrected chi connectivity index (χ4v) is 1.28. The first-order valence-corrected chi connectivity index (χ1v) is 4.29. The summed E-state index contributed by atoms with van der Waals surface area (Å²) < 4.78 is 12.6. The van der Waals surface area contributed by atoms with Crippen LogP contribution in [0.25, 0.3) is 0 Å². The molecule has 0 aromatic heterocycles. The van der Waals surface area contributed by atoms with Gasteiger partial charge in [0.05, 0.1) is 5.69 Å². The maximum Gasteiger partial charge on any atom is 0.340 e. The van der Waals surface area contributed by atoms with Gasteiger partial charge in [-0.2, -0.15) is 0 Å². The monoisotopic (exact) mass is 209 g/mol. The normalized spacial score (nSPS) is 15.9. The van der Waals surface area contributed by atoms with Crippen LogP contribution >= 0.6 is 0 Å². The van der Waals surface area contributed by atoms with Gasteiger partial charge in [0.1, 0.15) is 12.4 Å². The van der Waals surface area contributed by atoms with Crippen molar-refractivity contribution in [3.05, 3.63) is 30.1 Å². The van der Waals surface area contributed by atoms with Crippen molar-refractivity contribution in [3.8, 4) is 0 Å². The number of hydrazine groups is 1. The van der Waals surface area contributed by atoms with Crippen molar-refractivity contribution in [2.45, 2.75) is 0 Å². The highest BCUT2D eigenvalue weighted by Gasteiger charge is 2.21. The molecule has 3 amide bonds. The fraction of sp³-hybridized carbons (Fsp3) is 0.111. The molecule has 0 aliphatic carbocycles. The van der Waals surface area contributed by atoms with Crippen molar-refractivity contribution in [1.82, 2.24) is 10.7 Å². The Balaban J connectivity index is 2.19. The molecule has 1 aliphatic heterocycles. The molecule has 78 valence electrons. The van der Waals surface area contributed by atoms with E-state index in [0.717, 1.165) is 0 Å². The van der Waals surface area contributed by atoms with Gasteiger partial charge in [0.15, 0.2) is 0 Å². The molecule has 1 aromatic rings. The molecule has 15 heavy (non-hydrogen) atoms. The lowest BCUT2D eigenvalue weighted by Gasteiger charge is -2.28. The molecule has 5 nitrogen and oxygen atoms in total. The molecule has 1 fully saturated rings. The standard InChI is InChI=1S/C9H8FN3O2/c10-6-1-3-7(4-2-6)13-5-8(14)11-9(15)12-13/h1-4H,5H2,(H2,11,12,14,15). The number of imide groups is 1. The summed E-state index contributed by atoms with van der Waals surface area (Å²) in [5.41, 5.74) is 2.98. The van der Waals surface area contributed by atoms with Crippen molar-refractivity contribution < 1.29 is 14.0 Å². The highest BCUT2D eigenvalue weighted by Crippen LogP contribution is 2.13. The second-order valence-corrected chi connectivity index (χ2v) is 3.05. The van der Waals surface area contributed by atoms with Gasteiger partial charge >= 0.3 is 6.03 Å². The van der Waals surface area contributed by atoms with Crippen molar-refractivity contribution in [2.75, 3.05) is 11.6 Å². The van der Waals surface area contributed by atoms with Gasteiger partial charge < -0.3 is 0 Å². The minimum Gasteiger partial charge on any atom is -0.275 e. The summed E-state index contributed by atoms with van der Waals surface area (Å²) in [6.45, 7) is 0.0113. The summed E-state index contributed by atoms with van der Waals surface area (Å²) in [6, 6.07) is 4.89. The fourth-order valence-electron chi connectivity index (χ4n) is 1.28. The Morgan fingerprint density at radius 3 is 2.47 bits per heavy atom. The zero-order valence-corrected chi connectivity index (χ0v) is 7.66. The minimum absolute atomic E-state index is 0.0113. The number of nitrogens with zero attached hydrogens (tertiary/aromatic N) is 1. The van der Waals surface area contributed by atoms with Crippen molar-refractivity contribution in [1.29, 1.82) is 0 Å². The Bertz CT molecular complexity index is 388. The zero-order valence-electron chi connectivity index (χ0n) is 7.66. The molecule has 0 bridgehead atoms. The molecular formula is C9H8FN3O2. The first-order chi connectivity index (χ1) is 7.15. The number of nitrogens with one attached hydrogen (secondary N) is 2. The van der Waals surface area contributed by atoms with Gasteiger partial charge in [0.25, 0.3) is 0 Å². The van der Waals surface area contributed by atoms with Gasteiger partial charge in [-0.1, -0.05) is 0 Å². The molecule has 1 aromatic carbocycles. The van der Waals surface area contributed by atoms with Crippen LogP contribution in [0.15, 0.2) is 24.3 Å². The second-order valence-electron chi connectivity index (χ2n) is 3.05. The molecule has 1 saturated heterocycles. The van der Waals surface area contributed by atoms with E-state index in [1.807, 2.05) is 0 Å². The minimum atomic E-state index is -0.587. The second kappa shape index (κ2) is 3.56. The van der Waals surface area contributed by atoms with Crippen LogP contribution in [0.1, 0.15) is 0 Å². The number of rotatable bonds is 1. The summed E-state index contributed by atoms with van der Waals surface area (Å²) >= 11 is 0. The van der Waals surface area contributed by atoms with E-state index in [1.165, 1.54) is 29.3 Å². The molecule has 0 radical (unpaired) electrons. The summed E-state index contributed by atoms with van der Waals surface area (Å²) in [5, 5.41) is 3.43. The Morgan fingerprint density at radius 1 is 1.20 bits per heavy atom. The first kappa shape index (κ1) is 9.45. The average Bonchev–Trinajstić information content (AvgIpc) is 2.17. The summed E-state index contributed by atoms with van der Waals surface area (Å²) in [7, 11) is 0. The van der Waals surface area contributed by atoms with Crippen LogP contribution in [-0.2, 0) is 4.79 Å². The van der Waals surface area contributed by atoms with Gasteiger partial charge in [-0.3, -0.25) is 15.1 Å². The zero-order chi connectivity index (χ0) is 10.8. The third-order valence-electron chi connectivity index (χ3n) is 1.93. The Labute approximate surface area is 84.8 Å². The molecule has 1 aliphatic rings. The number of carbonyl (C=O) groups is 2.